The molecule has 1 fully saturated rings. The van der Waals surface area contributed by atoms with Gasteiger partial charge in [-0.25, -0.2) is 9.59 Å². The van der Waals surface area contributed by atoms with Crippen molar-refractivity contribution in [3.05, 3.63) is 95.1 Å². The minimum absolute atomic E-state index is 0.0629. The number of carboxylic acid groups (broad SMARTS) is 1. The number of piperazine rings is 1. The standard InChI is InChI=1S/C31H34N4O7/c1-21-8-10-23(11-9-21)25(19-28(36)37)32-29(38)24-12-13-27(34-14-16-35(17-15-34)31(40)41-2)26(18-24)33-30(39)42-20-22-6-4-3-5-7-22/h3-13,18,25H,14-17,19-20H2,1-2H3,(H,32,38)(H,33,39)(H,36,37). The Bertz CT molecular complexity index is 1400. The summed E-state index contributed by atoms with van der Waals surface area (Å²) in [6.07, 6.45) is -1.41. The maximum atomic E-state index is 13.3. The van der Waals surface area contributed by atoms with Crippen molar-refractivity contribution < 1.29 is 33.8 Å². The number of hydrogen-bond acceptors (Lipinski definition) is 7. The highest BCUT2D eigenvalue weighted by Crippen LogP contribution is 2.29. The fourth-order valence-corrected chi connectivity index (χ4v) is 4.65. The van der Waals surface area contributed by atoms with E-state index in [-0.39, 0.29) is 18.6 Å². The highest BCUT2D eigenvalue weighted by molar-refractivity contribution is 5.99. The molecule has 0 radical (unpaired) electrons. The van der Waals surface area contributed by atoms with E-state index in [0.29, 0.717) is 43.1 Å². The van der Waals surface area contributed by atoms with Crippen LogP contribution in [0.15, 0.2) is 72.8 Å². The summed E-state index contributed by atoms with van der Waals surface area (Å²) in [7, 11) is 1.33. The number of carbonyl (C=O) groups is 4. The molecule has 3 amide bonds. The molecule has 1 saturated heterocycles. The zero-order valence-electron chi connectivity index (χ0n) is 23.5. The van der Waals surface area contributed by atoms with E-state index in [0.717, 1.165) is 11.1 Å². The number of methoxy groups -OCH3 is 1. The topological polar surface area (TPSA) is 138 Å². The molecule has 3 aromatic rings. The van der Waals surface area contributed by atoms with Crippen molar-refractivity contribution in [1.29, 1.82) is 0 Å². The highest BCUT2D eigenvalue weighted by Gasteiger charge is 2.25. The van der Waals surface area contributed by atoms with Crippen LogP contribution in [0.5, 0.6) is 0 Å². The van der Waals surface area contributed by atoms with Crippen LogP contribution >= 0.6 is 0 Å². The van der Waals surface area contributed by atoms with E-state index < -0.39 is 30.1 Å². The molecule has 3 N–H and O–H groups in total. The fraction of sp³-hybridized carbons (Fsp3) is 0.290. The van der Waals surface area contributed by atoms with Gasteiger partial charge in [-0.15, -0.1) is 0 Å². The molecule has 42 heavy (non-hydrogen) atoms. The maximum Gasteiger partial charge on any atom is 0.412 e. The van der Waals surface area contributed by atoms with Gasteiger partial charge in [0.05, 0.1) is 30.9 Å². The maximum absolute atomic E-state index is 13.3. The molecule has 0 spiro atoms. The van der Waals surface area contributed by atoms with E-state index in [1.807, 2.05) is 54.3 Å². The lowest BCUT2D eigenvalue weighted by Gasteiger charge is -2.36. The Kier molecular flexibility index (Phi) is 9.99. The highest BCUT2D eigenvalue weighted by atomic mass is 16.5. The molecular formula is C31H34N4O7. The molecule has 1 heterocycles. The van der Waals surface area contributed by atoms with Crippen LogP contribution in [0.1, 0.15) is 39.5 Å². The number of ether oxygens (including phenoxy) is 2. The first-order valence-corrected chi connectivity index (χ1v) is 13.5. The molecule has 0 bridgehead atoms. The molecule has 220 valence electrons. The van der Waals surface area contributed by atoms with Crippen molar-refractivity contribution in [2.75, 3.05) is 43.5 Å². The summed E-state index contributed by atoms with van der Waals surface area (Å²) in [5.41, 5.74) is 3.72. The SMILES string of the molecule is COC(=O)N1CCN(c2ccc(C(=O)NC(CC(=O)O)c3ccc(C)cc3)cc2NC(=O)OCc2ccccc2)CC1. The van der Waals surface area contributed by atoms with Crippen molar-refractivity contribution >= 4 is 35.4 Å². The molecule has 1 atom stereocenters. The molecule has 0 aromatic heterocycles. The molecule has 4 rings (SSSR count). The molecule has 11 heteroatoms. The van der Waals surface area contributed by atoms with E-state index >= 15 is 0 Å². The minimum atomic E-state index is -1.05. The van der Waals surface area contributed by atoms with Gasteiger partial charge in [-0.1, -0.05) is 60.2 Å². The lowest BCUT2D eigenvalue weighted by atomic mass is 10.0. The van der Waals surface area contributed by atoms with Crippen LogP contribution in [0, 0.1) is 6.92 Å². The van der Waals surface area contributed by atoms with Gasteiger partial charge in [0.1, 0.15) is 6.61 Å². The molecular weight excluding hydrogens is 540 g/mol. The van der Waals surface area contributed by atoms with E-state index in [1.54, 1.807) is 29.2 Å². The number of aliphatic carboxylic acids is 1. The zero-order chi connectivity index (χ0) is 30.1. The number of nitrogens with zero attached hydrogens (tertiary/aromatic N) is 2. The van der Waals surface area contributed by atoms with Gasteiger partial charge in [0.15, 0.2) is 0 Å². The quantitative estimate of drug-likeness (QED) is 0.338. The Labute approximate surface area is 244 Å². The number of rotatable bonds is 9. The first kappa shape index (κ1) is 29.9. The van der Waals surface area contributed by atoms with Gasteiger partial charge in [-0.3, -0.25) is 14.9 Å². The first-order valence-electron chi connectivity index (χ1n) is 13.5. The number of carbonyl (C=O) groups excluding carboxylic acids is 3. The Morgan fingerprint density at radius 1 is 0.929 bits per heavy atom. The Balaban J connectivity index is 1.55. The molecule has 0 saturated carbocycles. The first-order chi connectivity index (χ1) is 20.2. The number of hydrogen-bond donors (Lipinski definition) is 3. The third-order valence-electron chi connectivity index (χ3n) is 6.93. The predicted octanol–water partition coefficient (Wildman–Crippen LogP) is 4.58. The van der Waals surface area contributed by atoms with Crippen LogP contribution < -0.4 is 15.5 Å². The normalized spacial score (nSPS) is 13.6. The number of nitrogens with one attached hydrogen (secondary N) is 2. The van der Waals surface area contributed by atoms with Crippen LogP contribution in [0.4, 0.5) is 21.0 Å². The molecule has 1 unspecified atom stereocenters. The average Bonchev–Trinajstić information content (AvgIpc) is 3.00. The summed E-state index contributed by atoms with van der Waals surface area (Å²) < 4.78 is 10.2. The number of benzene rings is 3. The summed E-state index contributed by atoms with van der Waals surface area (Å²) in [5, 5.41) is 15.0. The summed E-state index contributed by atoms with van der Waals surface area (Å²) in [4.78, 5) is 53.2. The van der Waals surface area contributed by atoms with Crippen molar-refractivity contribution in [3.63, 3.8) is 0 Å². The van der Waals surface area contributed by atoms with Gasteiger partial charge in [0, 0.05) is 31.7 Å². The second-order valence-corrected chi connectivity index (χ2v) is 9.90. The second-order valence-electron chi connectivity index (χ2n) is 9.90. The summed E-state index contributed by atoms with van der Waals surface area (Å²) in [6.45, 7) is 3.77. The number of aryl methyl sites for hydroxylation is 1. The lowest BCUT2D eigenvalue weighted by Crippen LogP contribution is -2.49. The third-order valence-corrected chi connectivity index (χ3v) is 6.93. The van der Waals surface area contributed by atoms with Crippen molar-refractivity contribution in [1.82, 2.24) is 10.2 Å². The number of carboxylic acids is 1. The van der Waals surface area contributed by atoms with Crippen LogP contribution in [0.3, 0.4) is 0 Å². The molecule has 1 aliphatic rings. The smallest absolute Gasteiger partial charge is 0.412 e. The van der Waals surface area contributed by atoms with E-state index in [2.05, 4.69) is 10.6 Å². The number of amides is 3. The van der Waals surface area contributed by atoms with E-state index in [9.17, 15) is 24.3 Å². The Hall–Kier alpha value is -5.06. The van der Waals surface area contributed by atoms with Gasteiger partial charge in [-0.05, 0) is 36.2 Å². The van der Waals surface area contributed by atoms with E-state index in [1.165, 1.54) is 13.2 Å². The van der Waals surface area contributed by atoms with Crippen LogP contribution in [-0.2, 0) is 20.9 Å². The van der Waals surface area contributed by atoms with Gasteiger partial charge >= 0.3 is 18.2 Å². The fourth-order valence-electron chi connectivity index (χ4n) is 4.65. The summed E-state index contributed by atoms with van der Waals surface area (Å²) >= 11 is 0. The zero-order valence-corrected chi connectivity index (χ0v) is 23.5. The number of anilines is 2. The van der Waals surface area contributed by atoms with Crippen LogP contribution in [0.25, 0.3) is 0 Å². The second kappa shape index (κ2) is 14.0. The monoisotopic (exact) mass is 574 g/mol. The van der Waals surface area contributed by atoms with Gasteiger partial charge in [-0.2, -0.15) is 0 Å². The lowest BCUT2D eigenvalue weighted by molar-refractivity contribution is -0.137. The largest absolute Gasteiger partial charge is 0.481 e. The molecule has 0 aliphatic carbocycles. The molecule has 11 nitrogen and oxygen atoms in total. The molecule has 3 aromatic carbocycles. The van der Waals surface area contributed by atoms with Crippen molar-refractivity contribution in [2.45, 2.75) is 26.0 Å². The Morgan fingerprint density at radius 3 is 2.26 bits per heavy atom. The average molecular weight is 575 g/mol. The summed E-state index contributed by atoms with van der Waals surface area (Å²) in [6, 6.07) is 20.6. The predicted molar refractivity (Wildman–Crippen MR) is 157 cm³/mol. The van der Waals surface area contributed by atoms with Crippen molar-refractivity contribution in [2.24, 2.45) is 0 Å². The van der Waals surface area contributed by atoms with Crippen molar-refractivity contribution in [3.8, 4) is 0 Å². The van der Waals surface area contributed by atoms with Crippen LogP contribution in [0.2, 0.25) is 0 Å². The molecule has 1 aliphatic heterocycles. The third kappa shape index (κ3) is 8.00. The Morgan fingerprint density at radius 2 is 1.62 bits per heavy atom. The van der Waals surface area contributed by atoms with Gasteiger partial charge < -0.3 is 29.7 Å². The van der Waals surface area contributed by atoms with Gasteiger partial charge in [0.25, 0.3) is 5.91 Å². The minimum Gasteiger partial charge on any atom is -0.481 e. The van der Waals surface area contributed by atoms with Crippen LogP contribution in [-0.4, -0.2) is 67.4 Å². The summed E-state index contributed by atoms with van der Waals surface area (Å²) in [5.74, 6) is -1.55. The van der Waals surface area contributed by atoms with E-state index in [4.69, 9.17) is 9.47 Å². The van der Waals surface area contributed by atoms with Gasteiger partial charge in [0.2, 0.25) is 0 Å².